The first-order valence-electron chi connectivity index (χ1n) is 5.63. The third kappa shape index (κ3) is 3.44. The van der Waals surface area contributed by atoms with E-state index >= 15 is 0 Å². The van der Waals surface area contributed by atoms with Crippen LogP contribution in [0, 0.1) is 5.92 Å². The van der Waals surface area contributed by atoms with Gasteiger partial charge in [-0.15, -0.1) is 0 Å². The molecule has 1 aliphatic rings. The standard InChI is InChI=1S/C12H14BrClN2O/c13-9-3-4-10(14)11(6-9)16-12(17)8-2-1-5-15-7-8/h3-4,6,8,15H,1-2,5,7H2,(H,16,17). The number of amides is 1. The zero-order valence-electron chi connectivity index (χ0n) is 9.30. The smallest absolute Gasteiger partial charge is 0.228 e. The van der Waals surface area contributed by atoms with Crippen molar-refractivity contribution in [1.29, 1.82) is 0 Å². The monoisotopic (exact) mass is 316 g/mol. The summed E-state index contributed by atoms with van der Waals surface area (Å²) in [7, 11) is 0. The van der Waals surface area contributed by atoms with Gasteiger partial charge in [-0.05, 0) is 37.6 Å². The van der Waals surface area contributed by atoms with Gasteiger partial charge in [-0.3, -0.25) is 4.79 Å². The quantitative estimate of drug-likeness (QED) is 0.880. The molecule has 3 nitrogen and oxygen atoms in total. The van der Waals surface area contributed by atoms with E-state index in [-0.39, 0.29) is 11.8 Å². The molecule has 1 aromatic carbocycles. The minimum Gasteiger partial charge on any atom is -0.324 e. The number of nitrogens with one attached hydrogen (secondary N) is 2. The van der Waals surface area contributed by atoms with Crippen molar-refractivity contribution in [3.63, 3.8) is 0 Å². The fraction of sp³-hybridized carbons (Fsp3) is 0.417. The molecule has 1 aromatic rings. The van der Waals surface area contributed by atoms with Crippen molar-refractivity contribution >= 4 is 39.1 Å². The number of benzene rings is 1. The molecule has 0 radical (unpaired) electrons. The van der Waals surface area contributed by atoms with E-state index in [2.05, 4.69) is 26.6 Å². The van der Waals surface area contributed by atoms with Gasteiger partial charge in [0.15, 0.2) is 0 Å². The van der Waals surface area contributed by atoms with Crippen molar-refractivity contribution in [2.75, 3.05) is 18.4 Å². The van der Waals surface area contributed by atoms with E-state index in [4.69, 9.17) is 11.6 Å². The molecule has 1 atom stereocenters. The Labute approximate surface area is 114 Å². The molecule has 17 heavy (non-hydrogen) atoms. The van der Waals surface area contributed by atoms with Crippen LogP contribution in [-0.2, 0) is 4.79 Å². The Morgan fingerprint density at radius 1 is 1.53 bits per heavy atom. The van der Waals surface area contributed by atoms with Crippen LogP contribution in [0.5, 0.6) is 0 Å². The third-order valence-electron chi connectivity index (χ3n) is 2.85. The maximum Gasteiger partial charge on any atom is 0.228 e. The maximum absolute atomic E-state index is 12.0. The average molecular weight is 318 g/mol. The first-order valence-corrected chi connectivity index (χ1v) is 6.80. The lowest BCUT2D eigenvalue weighted by atomic mass is 9.99. The molecule has 0 saturated carbocycles. The predicted molar refractivity (Wildman–Crippen MR) is 73.4 cm³/mol. The minimum absolute atomic E-state index is 0.0391. The molecule has 1 heterocycles. The van der Waals surface area contributed by atoms with Gasteiger partial charge in [-0.1, -0.05) is 27.5 Å². The number of hydrogen-bond acceptors (Lipinski definition) is 2. The number of anilines is 1. The van der Waals surface area contributed by atoms with Gasteiger partial charge < -0.3 is 10.6 Å². The summed E-state index contributed by atoms with van der Waals surface area (Å²) in [6.07, 6.45) is 1.98. The Kier molecular flexibility index (Phi) is 4.42. The first-order chi connectivity index (χ1) is 8.16. The maximum atomic E-state index is 12.0. The van der Waals surface area contributed by atoms with Gasteiger partial charge in [0.1, 0.15) is 0 Å². The van der Waals surface area contributed by atoms with Gasteiger partial charge in [0.25, 0.3) is 0 Å². The van der Waals surface area contributed by atoms with E-state index in [1.165, 1.54) is 0 Å². The fourth-order valence-corrected chi connectivity index (χ4v) is 2.43. The summed E-state index contributed by atoms with van der Waals surface area (Å²) in [5.74, 6) is 0.0796. The molecule has 0 aliphatic carbocycles. The highest BCUT2D eigenvalue weighted by molar-refractivity contribution is 9.10. The van der Waals surface area contributed by atoms with Crippen molar-refractivity contribution in [3.05, 3.63) is 27.7 Å². The predicted octanol–water partition coefficient (Wildman–Crippen LogP) is 3.04. The number of halogens is 2. The lowest BCUT2D eigenvalue weighted by molar-refractivity contribution is -0.120. The van der Waals surface area contributed by atoms with E-state index in [1.54, 1.807) is 6.07 Å². The van der Waals surface area contributed by atoms with Crippen LogP contribution in [0.1, 0.15) is 12.8 Å². The lowest BCUT2D eigenvalue weighted by Gasteiger charge is -2.22. The van der Waals surface area contributed by atoms with Crippen molar-refractivity contribution < 1.29 is 4.79 Å². The Morgan fingerprint density at radius 3 is 3.06 bits per heavy atom. The van der Waals surface area contributed by atoms with Crippen LogP contribution >= 0.6 is 27.5 Å². The SMILES string of the molecule is O=C(Nc1cc(Br)ccc1Cl)C1CCCNC1. The van der Waals surface area contributed by atoms with Crippen molar-refractivity contribution in [2.24, 2.45) is 5.92 Å². The van der Waals surface area contributed by atoms with Crippen LogP contribution in [-0.4, -0.2) is 19.0 Å². The highest BCUT2D eigenvalue weighted by Crippen LogP contribution is 2.26. The van der Waals surface area contributed by atoms with Crippen LogP contribution in [0.15, 0.2) is 22.7 Å². The second kappa shape index (κ2) is 5.85. The summed E-state index contributed by atoms with van der Waals surface area (Å²) in [4.78, 5) is 12.0. The molecule has 0 bridgehead atoms. The van der Waals surface area contributed by atoms with Gasteiger partial charge in [-0.2, -0.15) is 0 Å². The van der Waals surface area contributed by atoms with Crippen molar-refractivity contribution in [2.45, 2.75) is 12.8 Å². The van der Waals surface area contributed by atoms with E-state index in [0.29, 0.717) is 10.7 Å². The number of hydrogen-bond donors (Lipinski definition) is 2. The molecular formula is C12H14BrClN2O. The van der Waals surface area contributed by atoms with Crippen LogP contribution in [0.25, 0.3) is 0 Å². The highest BCUT2D eigenvalue weighted by atomic mass is 79.9. The normalized spacial score (nSPS) is 20.0. The Hall–Kier alpha value is -0.580. The molecule has 1 aliphatic heterocycles. The van der Waals surface area contributed by atoms with Crippen LogP contribution in [0.2, 0.25) is 5.02 Å². The van der Waals surface area contributed by atoms with Gasteiger partial charge >= 0.3 is 0 Å². The summed E-state index contributed by atoms with van der Waals surface area (Å²) in [5, 5.41) is 6.66. The molecule has 92 valence electrons. The first kappa shape index (κ1) is 12.9. The number of carbonyl (C=O) groups excluding carboxylic acids is 1. The van der Waals surface area contributed by atoms with Gasteiger partial charge in [0, 0.05) is 11.0 Å². The lowest BCUT2D eigenvalue weighted by Crippen LogP contribution is -2.37. The molecular weight excluding hydrogens is 304 g/mol. The Bertz CT molecular complexity index is 419. The molecule has 1 saturated heterocycles. The third-order valence-corrected chi connectivity index (χ3v) is 3.68. The molecule has 5 heteroatoms. The van der Waals surface area contributed by atoms with Crippen LogP contribution in [0.3, 0.4) is 0 Å². The topological polar surface area (TPSA) is 41.1 Å². The van der Waals surface area contributed by atoms with E-state index < -0.39 is 0 Å². The van der Waals surface area contributed by atoms with E-state index in [1.807, 2.05) is 12.1 Å². The van der Waals surface area contributed by atoms with Gasteiger partial charge in [0.2, 0.25) is 5.91 Å². The molecule has 1 unspecified atom stereocenters. The second-order valence-corrected chi connectivity index (χ2v) is 5.48. The minimum atomic E-state index is 0.0391. The van der Waals surface area contributed by atoms with Gasteiger partial charge in [-0.25, -0.2) is 0 Å². The van der Waals surface area contributed by atoms with Gasteiger partial charge in [0.05, 0.1) is 16.6 Å². The largest absolute Gasteiger partial charge is 0.324 e. The number of piperidine rings is 1. The average Bonchev–Trinajstić information content (AvgIpc) is 2.35. The zero-order valence-corrected chi connectivity index (χ0v) is 11.6. The summed E-state index contributed by atoms with van der Waals surface area (Å²) in [6.45, 7) is 1.75. The summed E-state index contributed by atoms with van der Waals surface area (Å²) in [6, 6.07) is 5.43. The fourth-order valence-electron chi connectivity index (χ4n) is 1.90. The van der Waals surface area contributed by atoms with Crippen molar-refractivity contribution in [1.82, 2.24) is 5.32 Å². The zero-order chi connectivity index (χ0) is 12.3. The Morgan fingerprint density at radius 2 is 2.35 bits per heavy atom. The summed E-state index contributed by atoms with van der Waals surface area (Å²) < 4.78 is 0.902. The number of carbonyl (C=O) groups is 1. The molecule has 0 spiro atoms. The molecule has 0 aromatic heterocycles. The van der Waals surface area contributed by atoms with Crippen LogP contribution < -0.4 is 10.6 Å². The summed E-state index contributed by atoms with van der Waals surface area (Å²) in [5.41, 5.74) is 0.664. The molecule has 2 N–H and O–H groups in total. The van der Waals surface area contributed by atoms with Crippen LogP contribution in [0.4, 0.5) is 5.69 Å². The van der Waals surface area contributed by atoms with Crippen molar-refractivity contribution in [3.8, 4) is 0 Å². The summed E-state index contributed by atoms with van der Waals surface area (Å²) >= 11 is 9.39. The number of rotatable bonds is 2. The van der Waals surface area contributed by atoms with E-state index in [9.17, 15) is 4.79 Å². The molecule has 1 fully saturated rings. The van der Waals surface area contributed by atoms with E-state index in [0.717, 1.165) is 30.4 Å². The highest BCUT2D eigenvalue weighted by Gasteiger charge is 2.21. The Balaban J connectivity index is 2.04. The molecule has 1 amide bonds. The molecule has 2 rings (SSSR count). The second-order valence-electron chi connectivity index (χ2n) is 4.16.